The van der Waals surface area contributed by atoms with Crippen molar-refractivity contribution in [2.45, 2.75) is 13.8 Å². The molecule has 0 aliphatic carbocycles. The largest absolute Gasteiger partial charge is 0.462 e. The van der Waals surface area contributed by atoms with Crippen LogP contribution in [0.3, 0.4) is 0 Å². The van der Waals surface area contributed by atoms with Gasteiger partial charge in [0.2, 0.25) is 0 Å². The van der Waals surface area contributed by atoms with Crippen LogP contribution in [0.1, 0.15) is 18.7 Å². The van der Waals surface area contributed by atoms with E-state index in [0.29, 0.717) is 16.8 Å². The summed E-state index contributed by atoms with van der Waals surface area (Å²) in [4.78, 5) is 27.9. The number of rotatable bonds is 4. The molecule has 0 fully saturated rings. The number of carbonyl (C=O) groups excluding carboxylic acids is 2. The average molecular weight is 339 g/mol. The molecular formula is C19H17NO3S. The molecule has 2 aromatic rings. The van der Waals surface area contributed by atoms with E-state index >= 15 is 0 Å². The van der Waals surface area contributed by atoms with Gasteiger partial charge in [-0.15, -0.1) is 11.3 Å². The van der Waals surface area contributed by atoms with Gasteiger partial charge in [-0.1, -0.05) is 24.3 Å². The number of esters is 1. The summed E-state index contributed by atoms with van der Waals surface area (Å²) in [7, 11) is 0. The summed E-state index contributed by atoms with van der Waals surface area (Å²) < 4.78 is 5.17. The maximum Gasteiger partial charge on any atom is 0.340 e. The van der Waals surface area contributed by atoms with Crippen LogP contribution in [0.5, 0.6) is 0 Å². The second kappa shape index (κ2) is 6.84. The van der Waals surface area contributed by atoms with Crippen molar-refractivity contribution in [2.24, 2.45) is 0 Å². The lowest BCUT2D eigenvalue weighted by Crippen LogP contribution is -2.24. The van der Waals surface area contributed by atoms with Crippen molar-refractivity contribution in [3.8, 4) is 0 Å². The number of benzene rings is 1. The predicted molar refractivity (Wildman–Crippen MR) is 95.6 cm³/mol. The normalized spacial score (nSPS) is 16.2. The number of amides is 1. The van der Waals surface area contributed by atoms with E-state index in [4.69, 9.17) is 4.74 Å². The quantitative estimate of drug-likeness (QED) is 0.624. The van der Waals surface area contributed by atoms with Gasteiger partial charge in [-0.25, -0.2) is 4.79 Å². The Kier molecular flexibility index (Phi) is 4.62. The summed E-state index contributed by atoms with van der Waals surface area (Å²) in [6.45, 7) is 3.79. The van der Waals surface area contributed by atoms with Crippen LogP contribution < -0.4 is 4.90 Å². The van der Waals surface area contributed by atoms with Crippen LogP contribution in [0.25, 0.3) is 6.08 Å². The minimum atomic E-state index is -0.468. The lowest BCUT2D eigenvalue weighted by atomic mass is 10.1. The van der Waals surface area contributed by atoms with Crippen LogP contribution in [-0.2, 0) is 14.3 Å². The van der Waals surface area contributed by atoms with Crippen molar-refractivity contribution in [2.75, 3.05) is 11.5 Å². The molecule has 4 nitrogen and oxygen atoms in total. The van der Waals surface area contributed by atoms with Gasteiger partial charge in [0.15, 0.2) is 0 Å². The van der Waals surface area contributed by atoms with Gasteiger partial charge in [0.25, 0.3) is 5.91 Å². The molecule has 0 bridgehead atoms. The summed E-state index contributed by atoms with van der Waals surface area (Å²) in [5.74, 6) is -0.681. The fraction of sp³-hybridized carbons (Fsp3) is 0.158. The minimum Gasteiger partial charge on any atom is -0.462 e. The lowest BCUT2D eigenvalue weighted by molar-refractivity contribution is -0.138. The van der Waals surface area contributed by atoms with Crippen LogP contribution in [0.4, 0.5) is 5.69 Å². The van der Waals surface area contributed by atoms with Crippen molar-refractivity contribution in [1.82, 2.24) is 0 Å². The first-order valence-electron chi connectivity index (χ1n) is 7.66. The molecule has 24 heavy (non-hydrogen) atoms. The average Bonchev–Trinajstić information content (AvgIpc) is 3.16. The monoisotopic (exact) mass is 339 g/mol. The van der Waals surface area contributed by atoms with E-state index in [0.717, 1.165) is 10.6 Å². The Bertz CT molecular complexity index is 820. The number of nitrogens with zero attached hydrogens (tertiary/aromatic N) is 1. The van der Waals surface area contributed by atoms with Gasteiger partial charge < -0.3 is 4.74 Å². The number of carbonyl (C=O) groups is 2. The maximum absolute atomic E-state index is 13.0. The summed E-state index contributed by atoms with van der Waals surface area (Å²) >= 11 is 1.52. The van der Waals surface area contributed by atoms with Gasteiger partial charge >= 0.3 is 5.97 Å². The fourth-order valence-corrected chi connectivity index (χ4v) is 3.34. The predicted octanol–water partition coefficient (Wildman–Crippen LogP) is 4.02. The number of anilines is 1. The van der Waals surface area contributed by atoms with E-state index in [1.807, 2.05) is 47.8 Å². The van der Waals surface area contributed by atoms with Crippen LogP contribution in [0, 0.1) is 0 Å². The van der Waals surface area contributed by atoms with Gasteiger partial charge in [-0.3, -0.25) is 9.69 Å². The maximum atomic E-state index is 13.0. The van der Waals surface area contributed by atoms with Crippen molar-refractivity contribution in [3.05, 3.63) is 69.6 Å². The Morgan fingerprint density at radius 3 is 2.58 bits per heavy atom. The standard InChI is InChI=1S/C19H17NO3S/c1-3-23-19(22)17-13(2)20(14-8-5-4-6-9-14)18(21)16(17)12-15-10-7-11-24-15/h4-12H,3H2,1-2H3/b16-12-. The molecule has 5 heteroatoms. The molecule has 1 aromatic carbocycles. The Labute approximate surface area is 144 Å². The molecule has 0 saturated carbocycles. The number of hydrogen-bond donors (Lipinski definition) is 0. The molecule has 0 spiro atoms. The van der Waals surface area contributed by atoms with E-state index in [1.54, 1.807) is 24.8 Å². The first-order chi connectivity index (χ1) is 11.6. The zero-order chi connectivity index (χ0) is 17.1. The third-order valence-corrected chi connectivity index (χ3v) is 4.54. The number of ether oxygens (including phenoxy) is 1. The highest BCUT2D eigenvalue weighted by molar-refractivity contribution is 7.10. The summed E-state index contributed by atoms with van der Waals surface area (Å²) in [5.41, 5.74) is 2.03. The van der Waals surface area contributed by atoms with Gasteiger partial charge in [0.05, 0.1) is 17.8 Å². The second-order valence-electron chi connectivity index (χ2n) is 5.23. The highest BCUT2D eigenvalue weighted by atomic mass is 32.1. The molecule has 122 valence electrons. The first-order valence-corrected chi connectivity index (χ1v) is 8.54. The molecule has 1 amide bonds. The topological polar surface area (TPSA) is 46.6 Å². The number of allylic oxidation sites excluding steroid dienone is 1. The van der Waals surface area contributed by atoms with E-state index in [2.05, 4.69) is 0 Å². The number of thiophene rings is 1. The molecule has 0 unspecified atom stereocenters. The Hall–Kier alpha value is -2.66. The molecule has 0 N–H and O–H groups in total. The highest BCUT2D eigenvalue weighted by Crippen LogP contribution is 2.35. The van der Waals surface area contributed by atoms with Crippen molar-refractivity contribution >= 4 is 35.0 Å². The minimum absolute atomic E-state index is 0.213. The van der Waals surface area contributed by atoms with E-state index in [9.17, 15) is 9.59 Å². The zero-order valence-electron chi connectivity index (χ0n) is 13.5. The first kappa shape index (κ1) is 16.2. The Morgan fingerprint density at radius 2 is 1.96 bits per heavy atom. The second-order valence-corrected chi connectivity index (χ2v) is 6.21. The molecule has 1 aliphatic heterocycles. The SMILES string of the molecule is CCOC(=O)C1=C(C)N(c2ccccc2)C(=O)/C1=C\c1cccs1. The van der Waals surface area contributed by atoms with Crippen molar-refractivity contribution < 1.29 is 14.3 Å². The van der Waals surface area contributed by atoms with Crippen molar-refractivity contribution in [3.63, 3.8) is 0 Å². The van der Waals surface area contributed by atoms with Gasteiger partial charge in [-0.2, -0.15) is 0 Å². The highest BCUT2D eigenvalue weighted by Gasteiger charge is 2.38. The van der Waals surface area contributed by atoms with Crippen LogP contribution in [-0.4, -0.2) is 18.5 Å². The van der Waals surface area contributed by atoms with E-state index < -0.39 is 5.97 Å². The molecule has 0 saturated heterocycles. The van der Waals surface area contributed by atoms with Gasteiger partial charge in [-0.05, 0) is 43.5 Å². The molecule has 3 rings (SSSR count). The third-order valence-electron chi connectivity index (χ3n) is 3.72. The van der Waals surface area contributed by atoms with E-state index in [-0.39, 0.29) is 12.5 Å². The Morgan fingerprint density at radius 1 is 1.21 bits per heavy atom. The molecule has 0 atom stereocenters. The molecule has 1 aromatic heterocycles. The van der Waals surface area contributed by atoms with E-state index in [1.165, 1.54) is 11.3 Å². The molecular weight excluding hydrogens is 322 g/mol. The van der Waals surface area contributed by atoms with Crippen LogP contribution in [0.2, 0.25) is 0 Å². The van der Waals surface area contributed by atoms with Crippen LogP contribution in [0.15, 0.2) is 64.7 Å². The van der Waals surface area contributed by atoms with Crippen molar-refractivity contribution in [1.29, 1.82) is 0 Å². The summed E-state index contributed by atoms with van der Waals surface area (Å²) in [6, 6.07) is 13.1. The molecule has 2 heterocycles. The van der Waals surface area contributed by atoms with Crippen LogP contribution >= 0.6 is 11.3 Å². The van der Waals surface area contributed by atoms with Gasteiger partial charge in [0, 0.05) is 16.3 Å². The smallest absolute Gasteiger partial charge is 0.340 e. The molecule has 0 radical (unpaired) electrons. The zero-order valence-corrected chi connectivity index (χ0v) is 14.3. The number of hydrogen-bond acceptors (Lipinski definition) is 4. The van der Waals surface area contributed by atoms with Gasteiger partial charge in [0.1, 0.15) is 0 Å². The fourth-order valence-electron chi connectivity index (χ4n) is 2.68. The third kappa shape index (κ3) is 2.90. The number of para-hydroxylation sites is 1. The molecule has 1 aliphatic rings. The Balaban J connectivity index is 2.11. The summed E-state index contributed by atoms with van der Waals surface area (Å²) in [5, 5.41) is 1.93. The lowest BCUT2D eigenvalue weighted by Gasteiger charge is -2.17. The summed E-state index contributed by atoms with van der Waals surface area (Å²) in [6.07, 6.45) is 1.76.